The van der Waals surface area contributed by atoms with Crippen molar-refractivity contribution in [2.24, 2.45) is 0 Å². The Balaban J connectivity index is 2.22. The van der Waals surface area contributed by atoms with Crippen LogP contribution in [-0.2, 0) is 10.2 Å². The first-order valence-corrected chi connectivity index (χ1v) is 5.15. The Hall–Kier alpha value is -1.22. The number of nitrogens with one attached hydrogen (secondary N) is 1. The zero-order chi connectivity index (χ0) is 10.9. The zero-order valence-electron chi connectivity index (χ0n) is 8.42. The molecule has 0 aliphatic carbocycles. The summed E-state index contributed by atoms with van der Waals surface area (Å²) >= 11 is 5.82. The van der Waals surface area contributed by atoms with Gasteiger partial charge in [-0.25, -0.2) is 4.79 Å². The first-order chi connectivity index (χ1) is 7.10. The van der Waals surface area contributed by atoms with Gasteiger partial charge in [-0.1, -0.05) is 30.7 Å². The highest BCUT2D eigenvalue weighted by molar-refractivity contribution is 6.30. The zero-order valence-corrected chi connectivity index (χ0v) is 9.17. The minimum Gasteiger partial charge on any atom is -0.449 e. The van der Waals surface area contributed by atoms with Gasteiger partial charge in [0.15, 0.2) is 0 Å². The molecule has 1 saturated heterocycles. The van der Waals surface area contributed by atoms with E-state index in [0.717, 1.165) is 5.56 Å². The maximum Gasteiger partial charge on any atom is 0.407 e. The lowest BCUT2D eigenvalue weighted by Gasteiger charge is -2.33. The van der Waals surface area contributed by atoms with E-state index in [1.807, 2.05) is 24.3 Å². The Morgan fingerprint density at radius 2 is 2.07 bits per heavy atom. The molecule has 0 bridgehead atoms. The number of hydrogen-bond acceptors (Lipinski definition) is 2. The SMILES string of the molecule is CC1(c2ccc(Cl)cc2)CNC(=O)OC1. The van der Waals surface area contributed by atoms with Crippen LogP contribution < -0.4 is 5.32 Å². The number of alkyl carbamates (subject to hydrolysis) is 1. The van der Waals surface area contributed by atoms with Crippen LogP contribution in [-0.4, -0.2) is 19.2 Å². The predicted molar refractivity (Wildman–Crippen MR) is 58.2 cm³/mol. The van der Waals surface area contributed by atoms with Gasteiger partial charge in [0.25, 0.3) is 0 Å². The van der Waals surface area contributed by atoms with Gasteiger partial charge in [-0.3, -0.25) is 0 Å². The van der Waals surface area contributed by atoms with Gasteiger partial charge < -0.3 is 10.1 Å². The molecule has 4 heteroatoms. The molecule has 1 heterocycles. The van der Waals surface area contributed by atoms with Crippen molar-refractivity contribution in [3.63, 3.8) is 0 Å². The Morgan fingerprint density at radius 3 is 2.60 bits per heavy atom. The van der Waals surface area contributed by atoms with Crippen molar-refractivity contribution in [3.05, 3.63) is 34.9 Å². The molecular weight excluding hydrogens is 214 g/mol. The van der Waals surface area contributed by atoms with E-state index in [1.54, 1.807) is 0 Å². The molecule has 1 aromatic carbocycles. The summed E-state index contributed by atoms with van der Waals surface area (Å²) < 4.78 is 5.00. The predicted octanol–water partition coefficient (Wildman–Crippen LogP) is 2.34. The van der Waals surface area contributed by atoms with Crippen LogP contribution in [0.5, 0.6) is 0 Å². The third-order valence-electron chi connectivity index (χ3n) is 2.69. The summed E-state index contributed by atoms with van der Waals surface area (Å²) in [6.07, 6.45) is -0.346. The highest BCUT2D eigenvalue weighted by Gasteiger charge is 2.32. The van der Waals surface area contributed by atoms with Gasteiger partial charge in [0.05, 0.1) is 0 Å². The van der Waals surface area contributed by atoms with E-state index in [0.29, 0.717) is 18.2 Å². The Bertz CT molecular complexity index is 365. The smallest absolute Gasteiger partial charge is 0.407 e. The molecule has 1 N–H and O–H groups in total. The van der Waals surface area contributed by atoms with Crippen LogP contribution in [0.25, 0.3) is 0 Å². The van der Waals surface area contributed by atoms with E-state index in [1.165, 1.54) is 0 Å². The molecule has 0 spiro atoms. The van der Waals surface area contributed by atoms with Crippen LogP contribution in [0, 0.1) is 0 Å². The van der Waals surface area contributed by atoms with Crippen LogP contribution in [0.1, 0.15) is 12.5 Å². The van der Waals surface area contributed by atoms with E-state index >= 15 is 0 Å². The Kier molecular flexibility index (Phi) is 2.57. The lowest BCUT2D eigenvalue weighted by Crippen LogP contribution is -2.48. The molecule has 1 atom stereocenters. The van der Waals surface area contributed by atoms with Crippen molar-refractivity contribution < 1.29 is 9.53 Å². The highest BCUT2D eigenvalue weighted by Crippen LogP contribution is 2.26. The summed E-state index contributed by atoms with van der Waals surface area (Å²) in [5.74, 6) is 0. The monoisotopic (exact) mass is 225 g/mol. The summed E-state index contributed by atoms with van der Waals surface area (Å²) in [7, 11) is 0. The molecule has 2 rings (SSSR count). The van der Waals surface area contributed by atoms with Gasteiger partial charge in [0.1, 0.15) is 6.61 Å². The summed E-state index contributed by atoms with van der Waals surface area (Å²) in [5.41, 5.74) is 0.949. The molecule has 1 aliphatic heterocycles. The topological polar surface area (TPSA) is 38.3 Å². The molecule has 0 saturated carbocycles. The van der Waals surface area contributed by atoms with Crippen molar-refractivity contribution in [1.82, 2.24) is 5.32 Å². The van der Waals surface area contributed by atoms with Gasteiger partial charge >= 0.3 is 6.09 Å². The fraction of sp³-hybridized carbons (Fsp3) is 0.364. The Labute approximate surface area is 93.4 Å². The van der Waals surface area contributed by atoms with Gasteiger partial charge in [0, 0.05) is 17.0 Å². The highest BCUT2D eigenvalue weighted by atomic mass is 35.5. The number of ether oxygens (including phenoxy) is 1. The maximum absolute atomic E-state index is 10.9. The maximum atomic E-state index is 10.9. The Morgan fingerprint density at radius 1 is 1.40 bits per heavy atom. The first kappa shape index (κ1) is 10.3. The van der Waals surface area contributed by atoms with Crippen molar-refractivity contribution >= 4 is 17.7 Å². The van der Waals surface area contributed by atoms with Gasteiger partial charge in [-0.15, -0.1) is 0 Å². The number of benzene rings is 1. The lowest BCUT2D eigenvalue weighted by molar-refractivity contribution is 0.0929. The summed E-state index contributed by atoms with van der Waals surface area (Å²) in [6.45, 7) is 3.05. The van der Waals surface area contributed by atoms with Gasteiger partial charge in [0.2, 0.25) is 0 Å². The minimum absolute atomic E-state index is 0.168. The third kappa shape index (κ3) is 2.07. The molecule has 1 aromatic rings. The molecule has 1 unspecified atom stereocenters. The average Bonchev–Trinajstić information content (AvgIpc) is 2.24. The second-order valence-corrected chi connectivity index (χ2v) is 4.43. The molecule has 3 nitrogen and oxygen atoms in total. The van der Waals surface area contributed by atoms with E-state index in [9.17, 15) is 4.79 Å². The second kappa shape index (κ2) is 3.74. The van der Waals surface area contributed by atoms with Crippen LogP contribution in [0.2, 0.25) is 5.02 Å². The number of carbonyl (C=O) groups excluding carboxylic acids is 1. The quantitative estimate of drug-likeness (QED) is 0.797. The number of hydrogen-bond donors (Lipinski definition) is 1. The van der Waals surface area contributed by atoms with E-state index in [2.05, 4.69) is 12.2 Å². The van der Waals surface area contributed by atoms with Crippen LogP contribution >= 0.6 is 11.6 Å². The molecular formula is C11H12ClNO2. The standard InChI is InChI=1S/C11H12ClNO2/c1-11(6-13-10(14)15-7-11)8-2-4-9(12)5-3-8/h2-5H,6-7H2,1H3,(H,13,14). The molecule has 80 valence electrons. The molecule has 0 radical (unpaired) electrons. The lowest BCUT2D eigenvalue weighted by atomic mass is 9.82. The van der Waals surface area contributed by atoms with Crippen molar-refractivity contribution in [2.75, 3.05) is 13.2 Å². The van der Waals surface area contributed by atoms with E-state index < -0.39 is 0 Å². The number of carbonyl (C=O) groups is 1. The van der Waals surface area contributed by atoms with Gasteiger partial charge in [-0.2, -0.15) is 0 Å². The second-order valence-electron chi connectivity index (χ2n) is 4.00. The third-order valence-corrected chi connectivity index (χ3v) is 2.94. The summed E-state index contributed by atoms with van der Waals surface area (Å²) in [4.78, 5) is 10.9. The van der Waals surface area contributed by atoms with Crippen LogP contribution in [0.15, 0.2) is 24.3 Å². The van der Waals surface area contributed by atoms with E-state index in [-0.39, 0.29) is 11.5 Å². The van der Waals surface area contributed by atoms with E-state index in [4.69, 9.17) is 16.3 Å². The number of cyclic esters (lactones) is 1. The fourth-order valence-corrected chi connectivity index (χ4v) is 1.76. The van der Waals surface area contributed by atoms with Crippen LogP contribution in [0.4, 0.5) is 4.79 Å². The molecule has 0 aromatic heterocycles. The average molecular weight is 226 g/mol. The number of halogens is 1. The molecule has 15 heavy (non-hydrogen) atoms. The summed E-state index contributed by atoms with van der Waals surface area (Å²) in [5, 5.41) is 3.40. The largest absolute Gasteiger partial charge is 0.449 e. The minimum atomic E-state index is -0.346. The normalized spacial score (nSPS) is 25.6. The van der Waals surface area contributed by atoms with Gasteiger partial charge in [-0.05, 0) is 17.7 Å². The number of amides is 1. The molecule has 1 amide bonds. The first-order valence-electron chi connectivity index (χ1n) is 4.77. The van der Waals surface area contributed by atoms with Crippen molar-refractivity contribution in [3.8, 4) is 0 Å². The van der Waals surface area contributed by atoms with Crippen molar-refractivity contribution in [1.29, 1.82) is 0 Å². The van der Waals surface area contributed by atoms with Crippen molar-refractivity contribution in [2.45, 2.75) is 12.3 Å². The fourth-order valence-electron chi connectivity index (χ4n) is 1.63. The van der Waals surface area contributed by atoms with Crippen LogP contribution in [0.3, 0.4) is 0 Å². The molecule has 1 aliphatic rings. The summed E-state index contributed by atoms with van der Waals surface area (Å²) in [6, 6.07) is 7.61. The number of rotatable bonds is 1. The molecule has 1 fully saturated rings.